The standard InChI is InChI=1S/C12H24BrNO2S/c1-2-9-17(15,16)10-8-14-7-5-3-4-6-12(14)11-13/h12H,2-11H2,1H3. The van der Waals surface area contributed by atoms with Gasteiger partial charge in [-0.25, -0.2) is 8.42 Å². The van der Waals surface area contributed by atoms with Gasteiger partial charge in [0.1, 0.15) is 0 Å². The molecule has 1 saturated heterocycles. The second-order valence-corrected chi connectivity index (χ2v) is 7.80. The number of alkyl halides is 1. The first-order chi connectivity index (χ1) is 8.09. The van der Waals surface area contributed by atoms with Gasteiger partial charge >= 0.3 is 0 Å². The lowest BCUT2D eigenvalue weighted by atomic mass is 10.1. The number of likely N-dealkylation sites (tertiary alicyclic amines) is 1. The summed E-state index contributed by atoms with van der Waals surface area (Å²) in [5.41, 5.74) is 0. The molecule has 1 atom stereocenters. The van der Waals surface area contributed by atoms with Crippen LogP contribution in [-0.2, 0) is 9.84 Å². The third-order valence-electron chi connectivity index (χ3n) is 3.38. The van der Waals surface area contributed by atoms with Crippen molar-refractivity contribution in [2.45, 2.75) is 45.1 Å². The molecule has 1 rings (SSSR count). The minimum Gasteiger partial charge on any atom is -0.299 e. The third kappa shape index (κ3) is 5.71. The predicted octanol–water partition coefficient (Wildman–Crippen LogP) is 2.45. The summed E-state index contributed by atoms with van der Waals surface area (Å²) in [5.74, 6) is 0.657. The van der Waals surface area contributed by atoms with Crippen LogP contribution in [0.1, 0.15) is 39.0 Å². The summed E-state index contributed by atoms with van der Waals surface area (Å²) in [6, 6.07) is 0.523. The van der Waals surface area contributed by atoms with Crippen molar-refractivity contribution in [1.29, 1.82) is 0 Å². The first-order valence-electron chi connectivity index (χ1n) is 6.59. The van der Waals surface area contributed by atoms with E-state index >= 15 is 0 Å². The van der Waals surface area contributed by atoms with Gasteiger partial charge < -0.3 is 0 Å². The van der Waals surface area contributed by atoms with Gasteiger partial charge in [-0.1, -0.05) is 35.7 Å². The molecule has 0 radical (unpaired) electrons. The molecule has 1 unspecified atom stereocenters. The molecule has 1 heterocycles. The van der Waals surface area contributed by atoms with Crippen LogP contribution in [0.15, 0.2) is 0 Å². The first kappa shape index (κ1) is 15.4. The zero-order chi connectivity index (χ0) is 12.7. The Balaban J connectivity index is 2.47. The fraction of sp³-hybridized carbons (Fsp3) is 1.00. The van der Waals surface area contributed by atoms with Crippen molar-refractivity contribution in [2.75, 3.05) is 29.9 Å². The molecule has 0 aromatic heterocycles. The van der Waals surface area contributed by atoms with Crippen molar-refractivity contribution >= 4 is 25.8 Å². The van der Waals surface area contributed by atoms with Crippen LogP contribution >= 0.6 is 15.9 Å². The summed E-state index contributed by atoms with van der Waals surface area (Å²) in [5, 5.41) is 0.959. The highest BCUT2D eigenvalue weighted by molar-refractivity contribution is 9.09. The van der Waals surface area contributed by atoms with Crippen LogP contribution in [-0.4, -0.2) is 49.3 Å². The van der Waals surface area contributed by atoms with Crippen LogP contribution in [0.4, 0.5) is 0 Å². The summed E-state index contributed by atoms with van der Waals surface area (Å²) in [6.07, 6.45) is 5.68. The number of hydrogen-bond donors (Lipinski definition) is 0. The zero-order valence-corrected chi connectivity index (χ0v) is 13.1. The van der Waals surface area contributed by atoms with Crippen molar-refractivity contribution in [3.8, 4) is 0 Å². The molecule has 0 aliphatic carbocycles. The average Bonchev–Trinajstić information content (AvgIpc) is 2.51. The van der Waals surface area contributed by atoms with Crippen molar-refractivity contribution < 1.29 is 8.42 Å². The lowest BCUT2D eigenvalue weighted by Gasteiger charge is -2.28. The van der Waals surface area contributed by atoms with E-state index in [1.165, 1.54) is 25.7 Å². The number of halogens is 1. The second-order valence-electron chi connectivity index (χ2n) is 4.85. The Hall–Kier alpha value is 0.390. The van der Waals surface area contributed by atoms with Crippen molar-refractivity contribution in [1.82, 2.24) is 4.90 Å². The monoisotopic (exact) mass is 325 g/mol. The van der Waals surface area contributed by atoms with E-state index in [2.05, 4.69) is 20.8 Å². The van der Waals surface area contributed by atoms with Crippen molar-refractivity contribution in [2.24, 2.45) is 0 Å². The molecule has 0 spiro atoms. The highest BCUT2D eigenvalue weighted by Gasteiger charge is 2.21. The quantitative estimate of drug-likeness (QED) is 0.704. The van der Waals surface area contributed by atoms with Crippen LogP contribution in [0.25, 0.3) is 0 Å². The Morgan fingerprint density at radius 2 is 2.00 bits per heavy atom. The minimum atomic E-state index is -2.83. The normalized spacial score (nSPS) is 23.5. The summed E-state index contributed by atoms with van der Waals surface area (Å²) in [4.78, 5) is 2.36. The molecule has 0 bridgehead atoms. The molecule has 0 aromatic rings. The summed E-state index contributed by atoms with van der Waals surface area (Å²) < 4.78 is 23.4. The topological polar surface area (TPSA) is 37.4 Å². The van der Waals surface area contributed by atoms with Gasteiger partial charge in [0.25, 0.3) is 0 Å². The maximum absolute atomic E-state index is 11.7. The van der Waals surface area contributed by atoms with Crippen LogP contribution in [0.3, 0.4) is 0 Å². The van der Waals surface area contributed by atoms with Gasteiger partial charge in [0.2, 0.25) is 0 Å². The molecule has 0 N–H and O–H groups in total. The molecule has 1 aliphatic rings. The Bertz CT molecular complexity index is 306. The highest BCUT2D eigenvalue weighted by Crippen LogP contribution is 2.18. The molecule has 5 heteroatoms. The van der Waals surface area contributed by atoms with E-state index in [-0.39, 0.29) is 0 Å². The number of sulfone groups is 1. The molecule has 1 aliphatic heterocycles. The third-order valence-corrected chi connectivity index (χ3v) is 5.96. The van der Waals surface area contributed by atoms with Gasteiger partial charge in [-0.05, 0) is 25.8 Å². The Kier molecular flexibility index (Phi) is 7.04. The summed E-state index contributed by atoms with van der Waals surface area (Å²) >= 11 is 3.55. The van der Waals surface area contributed by atoms with Crippen LogP contribution in [0.2, 0.25) is 0 Å². The molecule has 0 aromatic carbocycles. The molecule has 1 fully saturated rings. The van der Waals surface area contributed by atoms with E-state index in [1.807, 2.05) is 6.92 Å². The van der Waals surface area contributed by atoms with Crippen LogP contribution < -0.4 is 0 Å². The van der Waals surface area contributed by atoms with E-state index in [4.69, 9.17) is 0 Å². The smallest absolute Gasteiger partial charge is 0.151 e. The SMILES string of the molecule is CCCS(=O)(=O)CCN1CCCCCC1CBr. The number of hydrogen-bond acceptors (Lipinski definition) is 3. The molecule has 3 nitrogen and oxygen atoms in total. The number of rotatable bonds is 6. The first-order valence-corrected chi connectivity index (χ1v) is 9.54. The average molecular weight is 326 g/mol. The molecule has 0 saturated carbocycles. The molecular weight excluding hydrogens is 302 g/mol. The molecular formula is C12H24BrNO2S. The molecule has 17 heavy (non-hydrogen) atoms. The van der Waals surface area contributed by atoms with Gasteiger partial charge in [-0.2, -0.15) is 0 Å². The minimum absolute atomic E-state index is 0.324. The molecule has 0 amide bonds. The van der Waals surface area contributed by atoms with E-state index in [0.29, 0.717) is 24.1 Å². The van der Waals surface area contributed by atoms with Crippen molar-refractivity contribution in [3.63, 3.8) is 0 Å². The highest BCUT2D eigenvalue weighted by atomic mass is 79.9. The van der Waals surface area contributed by atoms with Gasteiger partial charge in [0.15, 0.2) is 9.84 Å². The zero-order valence-electron chi connectivity index (χ0n) is 10.7. The van der Waals surface area contributed by atoms with Gasteiger partial charge in [0, 0.05) is 23.7 Å². The lowest BCUT2D eigenvalue weighted by molar-refractivity contribution is 0.231. The summed E-state index contributed by atoms with van der Waals surface area (Å²) in [7, 11) is -2.83. The Morgan fingerprint density at radius 1 is 1.24 bits per heavy atom. The van der Waals surface area contributed by atoms with Gasteiger partial charge in [0.05, 0.1) is 5.75 Å². The largest absolute Gasteiger partial charge is 0.299 e. The summed E-state index contributed by atoms with van der Waals surface area (Å²) in [6.45, 7) is 3.68. The maximum atomic E-state index is 11.7. The van der Waals surface area contributed by atoms with E-state index < -0.39 is 9.84 Å². The van der Waals surface area contributed by atoms with Gasteiger partial charge in [-0.3, -0.25) is 4.90 Å². The van der Waals surface area contributed by atoms with Crippen LogP contribution in [0, 0.1) is 0 Å². The fourth-order valence-electron chi connectivity index (χ4n) is 2.38. The molecule has 102 valence electrons. The van der Waals surface area contributed by atoms with Gasteiger partial charge in [-0.15, -0.1) is 0 Å². The predicted molar refractivity (Wildman–Crippen MR) is 76.6 cm³/mol. The van der Waals surface area contributed by atoms with E-state index in [1.54, 1.807) is 0 Å². The number of nitrogens with zero attached hydrogens (tertiary/aromatic N) is 1. The van der Waals surface area contributed by atoms with Crippen molar-refractivity contribution in [3.05, 3.63) is 0 Å². The second kappa shape index (κ2) is 7.74. The lowest BCUT2D eigenvalue weighted by Crippen LogP contribution is -2.39. The Morgan fingerprint density at radius 3 is 2.65 bits per heavy atom. The van der Waals surface area contributed by atoms with E-state index in [0.717, 1.165) is 18.3 Å². The fourth-order valence-corrected chi connectivity index (χ4v) is 4.45. The van der Waals surface area contributed by atoms with E-state index in [9.17, 15) is 8.42 Å². The Labute approximate surface area is 114 Å². The maximum Gasteiger partial charge on any atom is 0.151 e. The van der Waals surface area contributed by atoms with Crippen LogP contribution in [0.5, 0.6) is 0 Å².